The van der Waals surface area contributed by atoms with Crippen LogP contribution < -0.4 is 0 Å². The van der Waals surface area contributed by atoms with E-state index in [2.05, 4.69) is 36.2 Å². The summed E-state index contributed by atoms with van der Waals surface area (Å²) in [6.07, 6.45) is 4.60. The Hall–Kier alpha value is -1.61. The van der Waals surface area contributed by atoms with Gasteiger partial charge in [0.05, 0.1) is 24.3 Å². The molecular weight excluding hydrogens is 212 g/mol. The molecule has 1 unspecified atom stereocenters. The van der Waals surface area contributed by atoms with Gasteiger partial charge in [0, 0.05) is 13.5 Å². The Labute approximate surface area is 102 Å². The van der Waals surface area contributed by atoms with E-state index in [0.717, 1.165) is 17.7 Å². The summed E-state index contributed by atoms with van der Waals surface area (Å²) < 4.78 is 1.85. The number of aliphatic hydroxyl groups is 1. The molecule has 17 heavy (non-hydrogen) atoms. The fourth-order valence-electron chi connectivity index (χ4n) is 1.93. The zero-order valence-electron chi connectivity index (χ0n) is 10.3. The molecule has 90 valence electrons. The molecule has 3 heteroatoms. The first kappa shape index (κ1) is 11.9. The van der Waals surface area contributed by atoms with Crippen LogP contribution in [0.4, 0.5) is 0 Å². The van der Waals surface area contributed by atoms with Crippen molar-refractivity contribution >= 4 is 0 Å². The maximum atomic E-state index is 10.1. The number of aliphatic hydroxyl groups excluding tert-OH is 1. The van der Waals surface area contributed by atoms with E-state index in [1.54, 1.807) is 12.5 Å². The summed E-state index contributed by atoms with van der Waals surface area (Å²) in [5, 5.41) is 10.1. The molecular formula is C14H18N2O. The molecule has 1 atom stereocenters. The van der Waals surface area contributed by atoms with Crippen LogP contribution in [0.25, 0.3) is 0 Å². The van der Waals surface area contributed by atoms with Crippen molar-refractivity contribution in [3.8, 4) is 0 Å². The number of imidazole rings is 1. The van der Waals surface area contributed by atoms with E-state index in [9.17, 15) is 5.11 Å². The van der Waals surface area contributed by atoms with Crippen molar-refractivity contribution < 1.29 is 5.11 Å². The van der Waals surface area contributed by atoms with Gasteiger partial charge >= 0.3 is 0 Å². The minimum absolute atomic E-state index is 0.491. The number of rotatable bonds is 4. The molecule has 1 aromatic heterocycles. The van der Waals surface area contributed by atoms with Gasteiger partial charge in [-0.05, 0) is 17.5 Å². The Bertz CT molecular complexity index is 473. The van der Waals surface area contributed by atoms with Crippen molar-refractivity contribution in [3.05, 3.63) is 53.6 Å². The Morgan fingerprint density at radius 3 is 2.41 bits per heavy atom. The number of hydrogen-bond acceptors (Lipinski definition) is 2. The van der Waals surface area contributed by atoms with E-state index in [0.29, 0.717) is 6.42 Å². The van der Waals surface area contributed by atoms with E-state index in [4.69, 9.17) is 0 Å². The number of aryl methyl sites for hydroxylation is 2. The molecule has 0 amide bonds. The molecule has 1 N–H and O–H groups in total. The normalized spacial score (nSPS) is 12.6. The molecule has 0 aliphatic heterocycles. The van der Waals surface area contributed by atoms with E-state index < -0.39 is 6.10 Å². The summed E-state index contributed by atoms with van der Waals surface area (Å²) in [4.78, 5) is 4.01. The van der Waals surface area contributed by atoms with Gasteiger partial charge in [-0.15, -0.1) is 0 Å². The summed E-state index contributed by atoms with van der Waals surface area (Å²) in [7, 11) is 1.89. The standard InChI is InChI=1S/C14H18N2O/c1-3-11-4-6-12(7-5-11)8-14(17)13-9-15-10-16(13)2/h4-7,9-10,14,17H,3,8H2,1-2H3. The predicted octanol–water partition coefficient (Wildman–Crippen LogP) is 2.26. The van der Waals surface area contributed by atoms with E-state index in [1.807, 2.05) is 11.6 Å². The summed E-state index contributed by atoms with van der Waals surface area (Å²) >= 11 is 0. The molecule has 2 aromatic rings. The second-order valence-electron chi connectivity index (χ2n) is 4.32. The number of nitrogens with zero attached hydrogens (tertiary/aromatic N) is 2. The molecule has 2 rings (SSSR count). The molecule has 0 saturated heterocycles. The summed E-state index contributed by atoms with van der Waals surface area (Å²) in [6, 6.07) is 8.40. The lowest BCUT2D eigenvalue weighted by Gasteiger charge is -2.11. The summed E-state index contributed by atoms with van der Waals surface area (Å²) in [5.41, 5.74) is 3.32. The SMILES string of the molecule is CCc1ccc(CC(O)c2cncn2C)cc1. The van der Waals surface area contributed by atoms with Gasteiger partial charge < -0.3 is 9.67 Å². The van der Waals surface area contributed by atoms with E-state index in [-0.39, 0.29) is 0 Å². The van der Waals surface area contributed by atoms with Crippen molar-refractivity contribution in [3.63, 3.8) is 0 Å². The highest BCUT2D eigenvalue weighted by atomic mass is 16.3. The smallest absolute Gasteiger partial charge is 0.0995 e. The third-order valence-electron chi connectivity index (χ3n) is 3.06. The lowest BCUT2D eigenvalue weighted by molar-refractivity contribution is 0.170. The first-order valence-corrected chi connectivity index (χ1v) is 5.92. The first-order valence-electron chi connectivity index (χ1n) is 5.92. The third kappa shape index (κ3) is 2.74. The molecule has 1 aromatic carbocycles. The van der Waals surface area contributed by atoms with Crippen LogP contribution in [0, 0.1) is 0 Å². The minimum Gasteiger partial charge on any atom is -0.386 e. The molecule has 3 nitrogen and oxygen atoms in total. The molecule has 0 bridgehead atoms. The molecule has 0 fully saturated rings. The highest BCUT2D eigenvalue weighted by Gasteiger charge is 2.11. The fraction of sp³-hybridized carbons (Fsp3) is 0.357. The van der Waals surface area contributed by atoms with Crippen LogP contribution >= 0.6 is 0 Å². The maximum absolute atomic E-state index is 10.1. The van der Waals surface area contributed by atoms with Gasteiger partial charge in [-0.1, -0.05) is 31.2 Å². The fourth-order valence-corrected chi connectivity index (χ4v) is 1.93. The second kappa shape index (κ2) is 5.15. The lowest BCUT2D eigenvalue weighted by atomic mass is 10.0. The Balaban J connectivity index is 2.07. The van der Waals surface area contributed by atoms with E-state index >= 15 is 0 Å². The average molecular weight is 230 g/mol. The monoisotopic (exact) mass is 230 g/mol. The highest BCUT2D eigenvalue weighted by Crippen LogP contribution is 2.17. The summed E-state index contributed by atoms with van der Waals surface area (Å²) in [5.74, 6) is 0. The Kier molecular flexibility index (Phi) is 3.59. The van der Waals surface area contributed by atoms with Crippen molar-refractivity contribution in [1.29, 1.82) is 0 Å². The van der Waals surface area contributed by atoms with Gasteiger partial charge in [-0.3, -0.25) is 0 Å². The lowest BCUT2D eigenvalue weighted by Crippen LogP contribution is -2.06. The predicted molar refractivity (Wildman–Crippen MR) is 67.7 cm³/mol. The topological polar surface area (TPSA) is 38.1 Å². The van der Waals surface area contributed by atoms with Crippen LogP contribution in [0.15, 0.2) is 36.8 Å². The van der Waals surface area contributed by atoms with Crippen LogP contribution in [0.2, 0.25) is 0 Å². The van der Waals surface area contributed by atoms with E-state index in [1.165, 1.54) is 5.56 Å². The van der Waals surface area contributed by atoms with Gasteiger partial charge in [0.15, 0.2) is 0 Å². The zero-order valence-corrected chi connectivity index (χ0v) is 10.3. The Morgan fingerprint density at radius 2 is 1.88 bits per heavy atom. The maximum Gasteiger partial charge on any atom is 0.0995 e. The van der Waals surface area contributed by atoms with Gasteiger partial charge in [-0.25, -0.2) is 4.98 Å². The molecule has 1 heterocycles. The van der Waals surface area contributed by atoms with Crippen LogP contribution in [-0.2, 0) is 19.9 Å². The number of aromatic nitrogens is 2. The van der Waals surface area contributed by atoms with Crippen LogP contribution in [0.5, 0.6) is 0 Å². The van der Waals surface area contributed by atoms with Crippen molar-refractivity contribution in [2.75, 3.05) is 0 Å². The molecule has 0 radical (unpaired) electrons. The average Bonchev–Trinajstić information content (AvgIpc) is 2.76. The van der Waals surface area contributed by atoms with Crippen molar-refractivity contribution in [2.24, 2.45) is 7.05 Å². The second-order valence-corrected chi connectivity index (χ2v) is 4.32. The molecule has 0 saturated carbocycles. The number of benzene rings is 1. The molecule has 0 aliphatic rings. The Morgan fingerprint density at radius 1 is 1.24 bits per heavy atom. The highest BCUT2D eigenvalue weighted by molar-refractivity contribution is 5.23. The largest absolute Gasteiger partial charge is 0.386 e. The first-order chi connectivity index (χ1) is 8.20. The van der Waals surface area contributed by atoms with Crippen LogP contribution in [0.1, 0.15) is 29.8 Å². The third-order valence-corrected chi connectivity index (χ3v) is 3.06. The van der Waals surface area contributed by atoms with Crippen molar-refractivity contribution in [1.82, 2.24) is 9.55 Å². The molecule has 0 spiro atoms. The molecule has 0 aliphatic carbocycles. The summed E-state index contributed by atoms with van der Waals surface area (Å²) in [6.45, 7) is 2.14. The zero-order chi connectivity index (χ0) is 12.3. The van der Waals surface area contributed by atoms with Gasteiger partial charge in [0.25, 0.3) is 0 Å². The van der Waals surface area contributed by atoms with Crippen molar-refractivity contribution in [2.45, 2.75) is 25.9 Å². The van der Waals surface area contributed by atoms with Crippen LogP contribution in [-0.4, -0.2) is 14.7 Å². The quantitative estimate of drug-likeness (QED) is 0.875. The minimum atomic E-state index is -0.491. The van der Waals surface area contributed by atoms with Crippen LogP contribution in [0.3, 0.4) is 0 Å². The number of hydrogen-bond donors (Lipinski definition) is 1. The van der Waals surface area contributed by atoms with Gasteiger partial charge in [0.2, 0.25) is 0 Å². The van der Waals surface area contributed by atoms with Gasteiger partial charge in [0.1, 0.15) is 0 Å². The van der Waals surface area contributed by atoms with Gasteiger partial charge in [-0.2, -0.15) is 0 Å².